The van der Waals surface area contributed by atoms with Crippen molar-refractivity contribution in [3.05, 3.63) is 5.82 Å². The number of H-pyrrole nitrogens is 1. The maximum Gasteiger partial charge on any atom is 0.244 e. The highest BCUT2D eigenvalue weighted by Crippen LogP contribution is 2.19. The van der Waals surface area contributed by atoms with E-state index >= 15 is 0 Å². The molecule has 3 N–H and O–H groups in total. The second kappa shape index (κ2) is 5.97. The third-order valence-corrected chi connectivity index (χ3v) is 3.19. The Bertz CT molecular complexity index is 332. The molecule has 0 atom stereocenters. The van der Waals surface area contributed by atoms with E-state index in [0.29, 0.717) is 19.1 Å². The Hall–Kier alpha value is -1.14. The van der Waals surface area contributed by atoms with Crippen molar-refractivity contribution in [2.45, 2.75) is 26.4 Å². The predicted molar refractivity (Wildman–Crippen MR) is 65.7 cm³/mol. The van der Waals surface area contributed by atoms with E-state index < -0.39 is 0 Å². The molecule has 1 aromatic rings. The first-order chi connectivity index (χ1) is 8.33. The first kappa shape index (κ1) is 12.3. The highest BCUT2D eigenvalue weighted by molar-refractivity contribution is 5.29. The summed E-state index contributed by atoms with van der Waals surface area (Å²) in [5.74, 6) is 2.24. The van der Waals surface area contributed by atoms with Gasteiger partial charge in [-0.05, 0) is 32.2 Å². The molecule has 1 saturated heterocycles. The Morgan fingerprint density at radius 1 is 1.47 bits per heavy atom. The molecule has 1 fully saturated rings. The summed E-state index contributed by atoms with van der Waals surface area (Å²) in [6.07, 6.45) is 2.26. The zero-order chi connectivity index (χ0) is 12.1. The van der Waals surface area contributed by atoms with Gasteiger partial charge in [-0.25, -0.2) is 0 Å². The Labute approximate surface area is 102 Å². The van der Waals surface area contributed by atoms with Crippen LogP contribution < -0.4 is 10.6 Å². The van der Waals surface area contributed by atoms with Crippen molar-refractivity contribution in [1.29, 1.82) is 0 Å². The van der Waals surface area contributed by atoms with Crippen molar-refractivity contribution < 1.29 is 4.74 Å². The standard InChI is InChI=1S/C11H21N5O/c1-2-17-8-10-13-11(15-14-10)16-5-3-9(7-12)4-6-16/h9H,2-8,12H2,1H3,(H,13,14,15). The molecule has 17 heavy (non-hydrogen) atoms. The van der Waals surface area contributed by atoms with Gasteiger partial charge >= 0.3 is 0 Å². The molecule has 0 amide bonds. The molecule has 0 unspecified atom stereocenters. The van der Waals surface area contributed by atoms with Crippen LogP contribution in [-0.2, 0) is 11.3 Å². The Morgan fingerprint density at radius 2 is 2.24 bits per heavy atom. The average Bonchev–Trinajstić information content (AvgIpc) is 2.85. The van der Waals surface area contributed by atoms with E-state index in [0.717, 1.165) is 44.2 Å². The van der Waals surface area contributed by atoms with Crippen LogP contribution in [0.1, 0.15) is 25.6 Å². The zero-order valence-electron chi connectivity index (χ0n) is 10.4. The normalized spacial score (nSPS) is 17.6. The summed E-state index contributed by atoms with van der Waals surface area (Å²) < 4.78 is 5.29. The molecular formula is C11H21N5O. The fraction of sp³-hybridized carbons (Fsp3) is 0.818. The van der Waals surface area contributed by atoms with Crippen molar-refractivity contribution in [2.75, 3.05) is 31.1 Å². The van der Waals surface area contributed by atoms with Crippen molar-refractivity contribution >= 4 is 5.95 Å². The van der Waals surface area contributed by atoms with E-state index in [1.807, 2.05) is 6.92 Å². The molecule has 1 aliphatic heterocycles. The monoisotopic (exact) mass is 239 g/mol. The molecule has 0 radical (unpaired) electrons. The van der Waals surface area contributed by atoms with E-state index in [9.17, 15) is 0 Å². The molecule has 2 rings (SSSR count). The van der Waals surface area contributed by atoms with Gasteiger partial charge in [0.15, 0.2) is 5.82 Å². The zero-order valence-corrected chi connectivity index (χ0v) is 10.4. The van der Waals surface area contributed by atoms with Crippen molar-refractivity contribution in [1.82, 2.24) is 15.2 Å². The van der Waals surface area contributed by atoms with Gasteiger partial charge in [0.1, 0.15) is 6.61 Å². The molecule has 2 heterocycles. The number of aromatic amines is 1. The van der Waals surface area contributed by atoms with Gasteiger partial charge in [0.25, 0.3) is 0 Å². The number of hydrogen-bond donors (Lipinski definition) is 2. The number of hydrogen-bond acceptors (Lipinski definition) is 5. The number of nitrogens with two attached hydrogens (primary N) is 1. The van der Waals surface area contributed by atoms with Crippen LogP contribution >= 0.6 is 0 Å². The van der Waals surface area contributed by atoms with Gasteiger partial charge in [0, 0.05) is 19.7 Å². The van der Waals surface area contributed by atoms with E-state index in [2.05, 4.69) is 20.1 Å². The molecule has 6 heteroatoms. The lowest BCUT2D eigenvalue weighted by Gasteiger charge is -2.30. The van der Waals surface area contributed by atoms with Crippen LogP contribution in [0.2, 0.25) is 0 Å². The fourth-order valence-corrected chi connectivity index (χ4v) is 2.06. The Balaban J connectivity index is 1.87. The predicted octanol–water partition coefficient (Wildman–Crippen LogP) is 0.516. The summed E-state index contributed by atoms with van der Waals surface area (Å²) in [5, 5.41) is 7.13. The number of rotatable bonds is 5. The quantitative estimate of drug-likeness (QED) is 0.783. The third-order valence-electron chi connectivity index (χ3n) is 3.19. The minimum absolute atomic E-state index is 0.503. The number of anilines is 1. The summed E-state index contributed by atoms with van der Waals surface area (Å²) >= 11 is 0. The molecule has 0 bridgehead atoms. The third kappa shape index (κ3) is 3.17. The SMILES string of the molecule is CCOCc1nc(N2CCC(CN)CC2)n[nH]1. The van der Waals surface area contributed by atoms with Crippen molar-refractivity contribution in [3.63, 3.8) is 0 Å². The van der Waals surface area contributed by atoms with Gasteiger partial charge in [0.2, 0.25) is 5.95 Å². The van der Waals surface area contributed by atoms with Crippen LogP contribution in [0, 0.1) is 5.92 Å². The van der Waals surface area contributed by atoms with Crippen LogP contribution in [0.15, 0.2) is 0 Å². The number of nitrogens with zero attached hydrogens (tertiary/aromatic N) is 3. The minimum Gasteiger partial charge on any atom is -0.374 e. The fourth-order valence-electron chi connectivity index (χ4n) is 2.06. The largest absolute Gasteiger partial charge is 0.374 e. The van der Waals surface area contributed by atoms with Gasteiger partial charge in [-0.15, -0.1) is 5.10 Å². The lowest BCUT2D eigenvalue weighted by atomic mass is 9.97. The Kier molecular flexibility index (Phi) is 4.33. The first-order valence-corrected chi connectivity index (χ1v) is 6.27. The number of ether oxygens (including phenoxy) is 1. The molecule has 1 aromatic heterocycles. The molecule has 96 valence electrons. The minimum atomic E-state index is 0.503. The van der Waals surface area contributed by atoms with E-state index in [4.69, 9.17) is 10.5 Å². The average molecular weight is 239 g/mol. The van der Waals surface area contributed by atoms with Gasteiger partial charge in [-0.2, -0.15) is 4.98 Å². The van der Waals surface area contributed by atoms with Gasteiger partial charge in [0.05, 0.1) is 0 Å². The first-order valence-electron chi connectivity index (χ1n) is 6.27. The van der Waals surface area contributed by atoms with E-state index in [1.165, 1.54) is 0 Å². The molecule has 0 aromatic carbocycles. The van der Waals surface area contributed by atoms with Crippen LogP contribution in [0.4, 0.5) is 5.95 Å². The van der Waals surface area contributed by atoms with Gasteiger partial charge < -0.3 is 15.4 Å². The molecule has 6 nitrogen and oxygen atoms in total. The lowest BCUT2D eigenvalue weighted by molar-refractivity contribution is 0.128. The highest BCUT2D eigenvalue weighted by atomic mass is 16.5. The van der Waals surface area contributed by atoms with Gasteiger partial charge in [-0.1, -0.05) is 0 Å². The summed E-state index contributed by atoms with van der Waals surface area (Å²) in [4.78, 5) is 6.63. The molecular weight excluding hydrogens is 218 g/mol. The molecule has 0 saturated carbocycles. The maximum atomic E-state index is 5.67. The topological polar surface area (TPSA) is 80.1 Å². The number of nitrogens with one attached hydrogen (secondary N) is 1. The molecule has 1 aliphatic rings. The van der Waals surface area contributed by atoms with Crippen LogP contribution in [0.5, 0.6) is 0 Å². The number of piperidine rings is 1. The summed E-state index contributed by atoms with van der Waals surface area (Å²) in [6, 6.07) is 0. The van der Waals surface area contributed by atoms with Crippen molar-refractivity contribution in [2.24, 2.45) is 11.7 Å². The van der Waals surface area contributed by atoms with Crippen LogP contribution in [-0.4, -0.2) is 41.4 Å². The Morgan fingerprint density at radius 3 is 2.88 bits per heavy atom. The van der Waals surface area contributed by atoms with E-state index in [-0.39, 0.29) is 0 Å². The van der Waals surface area contributed by atoms with Crippen molar-refractivity contribution in [3.8, 4) is 0 Å². The van der Waals surface area contributed by atoms with Gasteiger partial charge in [-0.3, -0.25) is 5.10 Å². The molecule has 0 spiro atoms. The lowest BCUT2D eigenvalue weighted by Crippen LogP contribution is -2.36. The second-order valence-corrected chi connectivity index (χ2v) is 4.39. The van der Waals surface area contributed by atoms with E-state index in [1.54, 1.807) is 0 Å². The maximum absolute atomic E-state index is 5.67. The van der Waals surface area contributed by atoms with Crippen LogP contribution in [0.3, 0.4) is 0 Å². The summed E-state index contributed by atoms with van der Waals surface area (Å²) in [6.45, 7) is 5.94. The smallest absolute Gasteiger partial charge is 0.244 e. The van der Waals surface area contributed by atoms with Crippen LogP contribution in [0.25, 0.3) is 0 Å². The number of aromatic nitrogens is 3. The summed E-state index contributed by atoms with van der Waals surface area (Å²) in [5.41, 5.74) is 5.67. The second-order valence-electron chi connectivity index (χ2n) is 4.39. The highest BCUT2D eigenvalue weighted by Gasteiger charge is 2.20. The summed E-state index contributed by atoms with van der Waals surface area (Å²) in [7, 11) is 0. The molecule has 0 aliphatic carbocycles.